The van der Waals surface area contributed by atoms with Crippen molar-refractivity contribution in [2.24, 2.45) is 0 Å². The second kappa shape index (κ2) is 7.18. The van der Waals surface area contributed by atoms with Gasteiger partial charge in [-0.05, 0) is 24.6 Å². The first-order valence-electron chi connectivity index (χ1n) is 8.73. The van der Waals surface area contributed by atoms with Gasteiger partial charge in [-0.1, -0.05) is 18.2 Å². The lowest BCUT2D eigenvalue weighted by atomic mass is 10.1. The molecular formula is C19H16FN5O3. The van der Waals surface area contributed by atoms with E-state index in [1.165, 1.54) is 6.07 Å². The normalized spacial score (nSPS) is 16.3. The average Bonchev–Trinajstić information content (AvgIpc) is 3.15. The highest BCUT2D eigenvalue weighted by atomic mass is 19.1. The SMILES string of the molecule is O=C(c1ccc([N+](=O)[O-])c(F)c1)N1CCC(Nc2ncc3ccccc3n2)C1. The van der Waals surface area contributed by atoms with Crippen molar-refractivity contribution < 1.29 is 14.1 Å². The number of nitro benzene ring substituents is 1. The van der Waals surface area contributed by atoms with Crippen LogP contribution in [0.1, 0.15) is 16.8 Å². The van der Waals surface area contributed by atoms with E-state index < -0.39 is 16.4 Å². The Kier molecular flexibility index (Phi) is 4.56. The fourth-order valence-corrected chi connectivity index (χ4v) is 3.26. The number of amides is 1. The minimum atomic E-state index is -1.02. The Morgan fingerprint density at radius 1 is 1.29 bits per heavy atom. The molecule has 1 aliphatic heterocycles. The van der Waals surface area contributed by atoms with Crippen LogP contribution in [0.15, 0.2) is 48.7 Å². The number of halogens is 1. The summed E-state index contributed by atoms with van der Waals surface area (Å²) in [6, 6.07) is 10.8. The van der Waals surface area contributed by atoms with Gasteiger partial charge < -0.3 is 10.2 Å². The zero-order valence-corrected chi connectivity index (χ0v) is 14.7. The van der Waals surface area contributed by atoms with Crippen LogP contribution in [0.2, 0.25) is 0 Å². The molecule has 0 radical (unpaired) electrons. The molecule has 0 aliphatic carbocycles. The number of nitrogens with one attached hydrogen (secondary N) is 1. The average molecular weight is 381 g/mol. The van der Waals surface area contributed by atoms with Gasteiger partial charge in [0.25, 0.3) is 5.91 Å². The van der Waals surface area contributed by atoms with E-state index in [9.17, 15) is 19.3 Å². The number of carbonyl (C=O) groups excluding carboxylic acids is 1. The Balaban J connectivity index is 1.43. The number of rotatable bonds is 4. The van der Waals surface area contributed by atoms with Crippen molar-refractivity contribution in [2.45, 2.75) is 12.5 Å². The molecule has 0 bridgehead atoms. The van der Waals surface area contributed by atoms with Gasteiger partial charge in [0.2, 0.25) is 11.8 Å². The number of aromatic nitrogens is 2. The molecule has 1 aliphatic rings. The number of fused-ring (bicyclic) bond motifs is 1. The Bertz CT molecular complexity index is 1070. The lowest BCUT2D eigenvalue weighted by Crippen LogP contribution is -2.32. The largest absolute Gasteiger partial charge is 0.350 e. The molecule has 9 heteroatoms. The van der Waals surface area contributed by atoms with E-state index in [0.717, 1.165) is 23.0 Å². The standard InChI is InChI=1S/C19H16FN5O3/c20-15-9-12(5-6-17(15)25(27)28)18(26)24-8-7-14(11-24)22-19-21-10-13-3-1-2-4-16(13)23-19/h1-6,9-10,14H,7-8,11H2,(H,21,22,23). The highest BCUT2D eigenvalue weighted by molar-refractivity contribution is 5.94. The highest BCUT2D eigenvalue weighted by Crippen LogP contribution is 2.22. The lowest BCUT2D eigenvalue weighted by molar-refractivity contribution is -0.387. The van der Waals surface area contributed by atoms with Gasteiger partial charge in [-0.2, -0.15) is 4.39 Å². The summed E-state index contributed by atoms with van der Waals surface area (Å²) in [7, 11) is 0. The number of hydrogen-bond acceptors (Lipinski definition) is 6. The molecule has 0 saturated carbocycles. The van der Waals surface area contributed by atoms with Crippen LogP contribution in [0.5, 0.6) is 0 Å². The third-order valence-corrected chi connectivity index (χ3v) is 4.69. The summed E-state index contributed by atoms with van der Waals surface area (Å²) >= 11 is 0. The minimum Gasteiger partial charge on any atom is -0.350 e. The quantitative estimate of drug-likeness (QED) is 0.551. The van der Waals surface area contributed by atoms with Gasteiger partial charge in [-0.15, -0.1) is 0 Å². The fraction of sp³-hybridized carbons (Fsp3) is 0.211. The number of carbonyl (C=O) groups is 1. The molecule has 8 nitrogen and oxygen atoms in total. The van der Waals surface area contributed by atoms with Crippen LogP contribution in [-0.4, -0.2) is 44.8 Å². The van der Waals surface area contributed by atoms with Gasteiger partial charge in [0, 0.05) is 42.3 Å². The van der Waals surface area contributed by atoms with E-state index in [-0.39, 0.29) is 17.5 Å². The Hall–Kier alpha value is -3.62. The van der Waals surface area contributed by atoms with Crippen molar-refractivity contribution in [3.8, 4) is 0 Å². The number of nitrogens with zero attached hydrogens (tertiary/aromatic N) is 4. The van der Waals surface area contributed by atoms with Crippen LogP contribution in [0, 0.1) is 15.9 Å². The molecule has 2 aromatic carbocycles. The van der Waals surface area contributed by atoms with Gasteiger partial charge in [0.1, 0.15) is 0 Å². The molecule has 4 rings (SSSR count). The number of benzene rings is 2. The third kappa shape index (κ3) is 3.46. The number of likely N-dealkylation sites (tertiary alicyclic amines) is 1. The van der Waals surface area contributed by atoms with Crippen molar-refractivity contribution in [2.75, 3.05) is 18.4 Å². The maximum absolute atomic E-state index is 13.8. The zero-order chi connectivity index (χ0) is 19.7. The van der Waals surface area contributed by atoms with Gasteiger partial charge in [-0.3, -0.25) is 14.9 Å². The van der Waals surface area contributed by atoms with Crippen LogP contribution in [0.4, 0.5) is 16.0 Å². The fourth-order valence-electron chi connectivity index (χ4n) is 3.26. The van der Waals surface area contributed by atoms with E-state index in [0.29, 0.717) is 25.5 Å². The second-order valence-electron chi connectivity index (χ2n) is 6.56. The molecule has 0 spiro atoms. The maximum Gasteiger partial charge on any atom is 0.304 e. The number of para-hydroxylation sites is 1. The van der Waals surface area contributed by atoms with Crippen molar-refractivity contribution in [1.29, 1.82) is 0 Å². The van der Waals surface area contributed by atoms with E-state index in [4.69, 9.17) is 0 Å². The summed E-state index contributed by atoms with van der Waals surface area (Å²) in [5, 5.41) is 14.9. The van der Waals surface area contributed by atoms with Crippen molar-refractivity contribution >= 4 is 28.4 Å². The van der Waals surface area contributed by atoms with E-state index in [2.05, 4.69) is 15.3 Å². The van der Waals surface area contributed by atoms with E-state index in [1.54, 1.807) is 11.1 Å². The predicted octanol–water partition coefficient (Wildman–Crippen LogP) is 3.00. The number of nitro groups is 1. The molecule has 1 unspecified atom stereocenters. The topological polar surface area (TPSA) is 101 Å². The zero-order valence-electron chi connectivity index (χ0n) is 14.7. The van der Waals surface area contributed by atoms with E-state index in [1.807, 2.05) is 24.3 Å². The summed E-state index contributed by atoms with van der Waals surface area (Å²) < 4.78 is 13.8. The maximum atomic E-state index is 13.8. The molecule has 3 aromatic rings. The number of hydrogen-bond donors (Lipinski definition) is 1. The molecule has 1 fully saturated rings. The number of anilines is 1. The molecule has 2 heterocycles. The van der Waals surface area contributed by atoms with Crippen LogP contribution < -0.4 is 5.32 Å². The summed E-state index contributed by atoms with van der Waals surface area (Å²) in [6.45, 7) is 0.899. The van der Waals surface area contributed by atoms with E-state index >= 15 is 0 Å². The highest BCUT2D eigenvalue weighted by Gasteiger charge is 2.28. The van der Waals surface area contributed by atoms with Crippen molar-refractivity contribution in [3.63, 3.8) is 0 Å². The molecular weight excluding hydrogens is 365 g/mol. The lowest BCUT2D eigenvalue weighted by Gasteiger charge is -2.17. The molecule has 1 N–H and O–H groups in total. The molecule has 1 atom stereocenters. The summed E-state index contributed by atoms with van der Waals surface area (Å²) in [5.41, 5.74) is 0.268. The van der Waals surface area contributed by atoms with Gasteiger partial charge in [0.15, 0.2) is 0 Å². The van der Waals surface area contributed by atoms with Gasteiger partial charge in [-0.25, -0.2) is 9.97 Å². The van der Waals surface area contributed by atoms with Crippen LogP contribution >= 0.6 is 0 Å². The minimum absolute atomic E-state index is 0.0343. The van der Waals surface area contributed by atoms with Crippen LogP contribution in [-0.2, 0) is 0 Å². The first-order valence-corrected chi connectivity index (χ1v) is 8.73. The van der Waals surface area contributed by atoms with Crippen molar-refractivity contribution in [3.05, 3.63) is 70.2 Å². The Labute approximate surface area is 159 Å². The summed E-state index contributed by atoms with van der Waals surface area (Å²) in [4.78, 5) is 32.8. The van der Waals surface area contributed by atoms with Gasteiger partial charge in [0.05, 0.1) is 10.4 Å². The smallest absolute Gasteiger partial charge is 0.304 e. The molecule has 142 valence electrons. The molecule has 1 saturated heterocycles. The Morgan fingerprint density at radius 3 is 2.89 bits per heavy atom. The van der Waals surface area contributed by atoms with Crippen LogP contribution in [0.25, 0.3) is 10.9 Å². The Morgan fingerprint density at radius 2 is 2.11 bits per heavy atom. The first kappa shape index (κ1) is 17.8. The molecule has 1 aromatic heterocycles. The second-order valence-corrected chi connectivity index (χ2v) is 6.56. The monoisotopic (exact) mass is 381 g/mol. The summed E-state index contributed by atoms with van der Waals surface area (Å²) in [6.07, 6.45) is 2.43. The first-order chi connectivity index (χ1) is 13.5. The summed E-state index contributed by atoms with van der Waals surface area (Å²) in [5.74, 6) is -0.897. The van der Waals surface area contributed by atoms with Crippen molar-refractivity contribution in [1.82, 2.24) is 14.9 Å². The predicted molar refractivity (Wildman–Crippen MR) is 101 cm³/mol. The molecule has 1 amide bonds. The molecule has 28 heavy (non-hydrogen) atoms. The third-order valence-electron chi connectivity index (χ3n) is 4.69. The van der Waals surface area contributed by atoms with Crippen LogP contribution in [0.3, 0.4) is 0 Å². The van der Waals surface area contributed by atoms with Gasteiger partial charge >= 0.3 is 5.69 Å².